The topological polar surface area (TPSA) is 41.1 Å². The van der Waals surface area contributed by atoms with E-state index in [0.29, 0.717) is 0 Å². The van der Waals surface area contributed by atoms with Gasteiger partial charge in [-0.2, -0.15) is 0 Å². The molecule has 2 amide bonds. The van der Waals surface area contributed by atoms with Gasteiger partial charge in [-0.25, -0.2) is 4.79 Å². The maximum Gasteiger partial charge on any atom is 0.319 e. The lowest BCUT2D eigenvalue weighted by atomic mass is 9.87. The Bertz CT molecular complexity index is 720. The Morgan fingerprint density at radius 1 is 0.958 bits per heavy atom. The lowest BCUT2D eigenvalue weighted by molar-refractivity contribution is 0.247. The predicted molar refractivity (Wildman–Crippen MR) is 99.4 cm³/mol. The van der Waals surface area contributed by atoms with Crippen LogP contribution in [0.1, 0.15) is 50.3 Å². The molecule has 2 aromatic rings. The monoisotopic (exact) mass is 322 g/mol. The fourth-order valence-corrected chi connectivity index (χ4v) is 2.92. The molecule has 0 unspecified atom stereocenters. The number of urea groups is 1. The van der Waals surface area contributed by atoms with E-state index >= 15 is 0 Å². The molecular weight excluding hydrogens is 296 g/mol. The van der Waals surface area contributed by atoms with Gasteiger partial charge in [-0.05, 0) is 48.4 Å². The molecule has 0 bridgehead atoms. The predicted octanol–water partition coefficient (Wildman–Crippen LogP) is 5.10. The molecule has 0 aliphatic heterocycles. The molecule has 1 aliphatic carbocycles. The van der Waals surface area contributed by atoms with Crippen LogP contribution in [-0.4, -0.2) is 6.03 Å². The Labute approximate surface area is 144 Å². The number of hydrogen-bond acceptors (Lipinski definition) is 1. The lowest BCUT2D eigenvalue weighted by Gasteiger charge is -2.20. The molecule has 3 nitrogen and oxygen atoms in total. The largest absolute Gasteiger partial charge is 0.328 e. The Morgan fingerprint density at radius 3 is 2.04 bits per heavy atom. The van der Waals surface area contributed by atoms with Crippen molar-refractivity contribution in [1.29, 1.82) is 0 Å². The second-order valence-electron chi connectivity index (χ2n) is 7.85. The summed E-state index contributed by atoms with van der Waals surface area (Å²) in [5.74, 6) is 0. The third-order valence-corrected chi connectivity index (χ3v) is 4.72. The molecule has 0 aromatic heterocycles. The highest BCUT2D eigenvalue weighted by Crippen LogP contribution is 2.45. The van der Waals surface area contributed by atoms with E-state index in [4.69, 9.17) is 0 Å². The quantitative estimate of drug-likeness (QED) is 0.810. The van der Waals surface area contributed by atoms with Gasteiger partial charge in [0.1, 0.15) is 0 Å². The van der Waals surface area contributed by atoms with Gasteiger partial charge < -0.3 is 10.6 Å². The highest BCUT2D eigenvalue weighted by atomic mass is 16.2. The van der Waals surface area contributed by atoms with E-state index in [0.717, 1.165) is 18.5 Å². The molecule has 1 fully saturated rings. The van der Waals surface area contributed by atoms with Gasteiger partial charge in [0.25, 0.3) is 0 Å². The summed E-state index contributed by atoms with van der Waals surface area (Å²) in [5.41, 5.74) is 4.42. The van der Waals surface area contributed by atoms with Gasteiger partial charge in [0.15, 0.2) is 0 Å². The first-order valence-corrected chi connectivity index (χ1v) is 8.55. The lowest BCUT2D eigenvalue weighted by Crippen LogP contribution is -2.38. The summed E-state index contributed by atoms with van der Waals surface area (Å²) in [7, 11) is 0. The minimum atomic E-state index is -0.191. The number of benzene rings is 2. The number of amides is 2. The molecule has 126 valence electrons. The molecule has 0 radical (unpaired) electrons. The summed E-state index contributed by atoms with van der Waals surface area (Å²) in [6.07, 6.45) is 1.99. The van der Waals surface area contributed by atoms with Gasteiger partial charge >= 0.3 is 6.03 Å². The maximum atomic E-state index is 12.4. The average Bonchev–Trinajstić information content (AvgIpc) is 3.28. The number of aryl methyl sites for hydroxylation is 1. The number of hydrogen-bond donors (Lipinski definition) is 2. The highest BCUT2D eigenvalue weighted by Gasteiger charge is 2.45. The molecular formula is C21H26N2O. The van der Waals surface area contributed by atoms with Gasteiger partial charge in [0.05, 0.1) is 5.54 Å². The van der Waals surface area contributed by atoms with E-state index in [1.807, 2.05) is 12.1 Å². The molecule has 3 heteroatoms. The van der Waals surface area contributed by atoms with Crippen LogP contribution in [-0.2, 0) is 11.0 Å². The Kier molecular flexibility index (Phi) is 4.12. The van der Waals surface area contributed by atoms with E-state index in [-0.39, 0.29) is 17.0 Å². The van der Waals surface area contributed by atoms with Crippen LogP contribution in [0.2, 0.25) is 0 Å². The van der Waals surface area contributed by atoms with Crippen LogP contribution in [0, 0.1) is 6.92 Å². The number of nitrogens with one attached hydrogen (secondary N) is 2. The van der Waals surface area contributed by atoms with Crippen LogP contribution in [0.4, 0.5) is 10.5 Å². The maximum absolute atomic E-state index is 12.4. The molecule has 0 saturated heterocycles. The van der Waals surface area contributed by atoms with Crippen LogP contribution < -0.4 is 10.6 Å². The Balaban J connectivity index is 1.64. The molecule has 0 spiro atoms. The third kappa shape index (κ3) is 3.61. The summed E-state index contributed by atoms with van der Waals surface area (Å²) < 4.78 is 0. The second-order valence-corrected chi connectivity index (χ2v) is 7.85. The summed E-state index contributed by atoms with van der Waals surface area (Å²) in [6.45, 7) is 8.62. The van der Waals surface area contributed by atoms with Gasteiger partial charge in [0.2, 0.25) is 0 Å². The Morgan fingerprint density at radius 2 is 1.54 bits per heavy atom. The third-order valence-electron chi connectivity index (χ3n) is 4.72. The van der Waals surface area contributed by atoms with Gasteiger partial charge in [-0.15, -0.1) is 0 Å². The zero-order valence-electron chi connectivity index (χ0n) is 14.9. The van der Waals surface area contributed by atoms with E-state index in [2.05, 4.69) is 74.7 Å². The summed E-state index contributed by atoms with van der Waals surface area (Å²) >= 11 is 0. The fraction of sp³-hybridized carbons (Fsp3) is 0.381. The molecule has 0 atom stereocenters. The average molecular weight is 322 g/mol. The number of rotatable bonds is 3. The second kappa shape index (κ2) is 5.97. The van der Waals surface area contributed by atoms with Crippen molar-refractivity contribution in [2.45, 2.75) is 51.5 Å². The van der Waals surface area contributed by atoms with Crippen LogP contribution in [0.3, 0.4) is 0 Å². The smallest absolute Gasteiger partial charge is 0.319 e. The van der Waals surface area contributed by atoms with Crippen LogP contribution in [0.15, 0.2) is 48.5 Å². The van der Waals surface area contributed by atoms with Crippen molar-refractivity contribution >= 4 is 11.7 Å². The van der Waals surface area contributed by atoms with Crippen molar-refractivity contribution in [2.75, 3.05) is 5.32 Å². The van der Waals surface area contributed by atoms with Crippen molar-refractivity contribution in [3.8, 4) is 0 Å². The van der Waals surface area contributed by atoms with Crippen LogP contribution in [0.5, 0.6) is 0 Å². The summed E-state index contributed by atoms with van der Waals surface area (Å²) in [5, 5.41) is 6.09. The number of carbonyl (C=O) groups is 1. The molecule has 2 N–H and O–H groups in total. The molecule has 1 saturated carbocycles. The number of carbonyl (C=O) groups excluding carboxylic acids is 1. The SMILES string of the molecule is Cc1ccc(C2(NC(=O)Nc3ccc(C(C)(C)C)cc3)CC2)cc1. The van der Waals surface area contributed by atoms with E-state index in [9.17, 15) is 4.79 Å². The molecule has 3 rings (SSSR count). The van der Waals surface area contributed by atoms with Crippen molar-refractivity contribution in [2.24, 2.45) is 0 Å². The molecule has 24 heavy (non-hydrogen) atoms. The standard InChI is InChI=1S/C21H26N2O/c1-15-5-7-17(8-6-15)21(13-14-21)23-19(24)22-18-11-9-16(10-12-18)20(2,3)4/h5-12H,13-14H2,1-4H3,(H2,22,23,24). The minimum Gasteiger partial charge on any atom is -0.328 e. The van der Waals surface area contributed by atoms with Gasteiger partial charge in [0, 0.05) is 5.69 Å². The van der Waals surface area contributed by atoms with E-state index < -0.39 is 0 Å². The van der Waals surface area contributed by atoms with E-state index in [1.165, 1.54) is 16.7 Å². The zero-order chi connectivity index (χ0) is 17.4. The van der Waals surface area contributed by atoms with E-state index in [1.54, 1.807) is 0 Å². The summed E-state index contributed by atoms with van der Waals surface area (Å²) in [4.78, 5) is 12.4. The first-order valence-electron chi connectivity index (χ1n) is 8.55. The van der Waals surface area contributed by atoms with Crippen molar-refractivity contribution in [3.05, 3.63) is 65.2 Å². The van der Waals surface area contributed by atoms with Gasteiger partial charge in [-0.3, -0.25) is 0 Å². The van der Waals surface area contributed by atoms with Crippen LogP contribution in [0.25, 0.3) is 0 Å². The molecule has 0 heterocycles. The zero-order valence-corrected chi connectivity index (χ0v) is 14.9. The first kappa shape index (κ1) is 16.6. The molecule has 2 aromatic carbocycles. The number of anilines is 1. The normalized spacial score (nSPS) is 15.7. The van der Waals surface area contributed by atoms with Crippen molar-refractivity contribution in [1.82, 2.24) is 5.32 Å². The minimum absolute atomic E-state index is 0.115. The van der Waals surface area contributed by atoms with Crippen molar-refractivity contribution < 1.29 is 4.79 Å². The Hall–Kier alpha value is -2.29. The fourth-order valence-electron chi connectivity index (χ4n) is 2.92. The highest BCUT2D eigenvalue weighted by molar-refractivity contribution is 5.90. The van der Waals surface area contributed by atoms with Gasteiger partial charge in [-0.1, -0.05) is 62.7 Å². The molecule has 1 aliphatic rings. The summed E-state index contributed by atoms with van der Waals surface area (Å²) in [6, 6.07) is 16.3. The van der Waals surface area contributed by atoms with Crippen LogP contribution >= 0.6 is 0 Å². The van der Waals surface area contributed by atoms with Crippen molar-refractivity contribution in [3.63, 3.8) is 0 Å². The first-order chi connectivity index (χ1) is 11.3.